The van der Waals surface area contributed by atoms with Crippen LogP contribution in [0.3, 0.4) is 0 Å². The summed E-state index contributed by atoms with van der Waals surface area (Å²) in [6, 6.07) is 10.9. The van der Waals surface area contributed by atoms with Gasteiger partial charge < -0.3 is 9.80 Å². The summed E-state index contributed by atoms with van der Waals surface area (Å²) in [7, 11) is 1.55. The molecule has 1 unspecified atom stereocenters. The van der Waals surface area contributed by atoms with Crippen molar-refractivity contribution >= 4 is 11.8 Å². The van der Waals surface area contributed by atoms with Crippen LogP contribution in [0.15, 0.2) is 42.6 Å². The zero-order valence-electron chi connectivity index (χ0n) is 15.6. The van der Waals surface area contributed by atoms with Gasteiger partial charge in [-0.1, -0.05) is 18.2 Å². The van der Waals surface area contributed by atoms with E-state index < -0.39 is 17.7 Å². The van der Waals surface area contributed by atoms with E-state index in [1.165, 1.54) is 4.90 Å². The van der Waals surface area contributed by atoms with E-state index in [-0.39, 0.29) is 24.8 Å². The predicted octanol–water partition coefficient (Wildman–Crippen LogP) is 2.59. The number of alkyl halides is 2. The van der Waals surface area contributed by atoms with Gasteiger partial charge >= 0.3 is 0 Å². The average molecular weight is 388 g/mol. The lowest BCUT2D eigenvalue weighted by molar-refractivity contribution is -0.150. The van der Waals surface area contributed by atoms with Crippen molar-refractivity contribution in [3.8, 4) is 5.69 Å². The van der Waals surface area contributed by atoms with Gasteiger partial charge in [-0.15, -0.1) is 0 Å². The van der Waals surface area contributed by atoms with Crippen LogP contribution in [0.5, 0.6) is 0 Å². The molecule has 0 radical (unpaired) electrons. The van der Waals surface area contributed by atoms with Crippen molar-refractivity contribution in [1.29, 1.82) is 0 Å². The summed E-state index contributed by atoms with van der Waals surface area (Å²) in [5.41, 5.74) is 1.17. The summed E-state index contributed by atoms with van der Waals surface area (Å²) in [4.78, 5) is 28.0. The SMILES string of the molecule is CN(C(=O)C1CCCC1(F)F)C1CN(C(=O)c2ccn(-c3ccccc3)n2)C1. The van der Waals surface area contributed by atoms with Crippen LogP contribution in [0, 0.1) is 5.92 Å². The Morgan fingerprint density at radius 1 is 1.18 bits per heavy atom. The molecule has 1 aromatic carbocycles. The molecule has 0 spiro atoms. The molecule has 2 amide bonds. The van der Waals surface area contributed by atoms with Crippen LogP contribution in [0.1, 0.15) is 29.8 Å². The number of nitrogens with zero attached hydrogens (tertiary/aromatic N) is 4. The van der Waals surface area contributed by atoms with E-state index in [2.05, 4.69) is 5.10 Å². The Morgan fingerprint density at radius 2 is 1.89 bits per heavy atom. The molecule has 148 valence electrons. The van der Waals surface area contributed by atoms with Crippen LogP contribution in [-0.2, 0) is 4.79 Å². The highest BCUT2D eigenvalue weighted by Gasteiger charge is 2.50. The first-order chi connectivity index (χ1) is 13.4. The van der Waals surface area contributed by atoms with Crippen molar-refractivity contribution in [2.45, 2.75) is 31.2 Å². The van der Waals surface area contributed by atoms with Crippen molar-refractivity contribution in [2.75, 3.05) is 20.1 Å². The Hall–Kier alpha value is -2.77. The molecule has 0 N–H and O–H groups in total. The highest BCUT2D eigenvalue weighted by molar-refractivity contribution is 5.93. The number of carbonyl (C=O) groups is 2. The smallest absolute Gasteiger partial charge is 0.274 e. The second kappa shape index (κ2) is 7.00. The Balaban J connectivity index is 1.35. The predicted molar refractivity (Wildman–Crippen MR) is 98.3 cm³/mol. The number of likely N-dealkylation sites (tertiary alicyclic amines) is 1. The molecule has 0 bridgehead atoms. The lowest BCUT2D eigenvalue weighted by Gasteiger charge is -2.44. The van der Waals surface area contributed by atoms with Crippen LogP contribution < -0.4 is 0 Å². The van der Waals surface area contributed by atoms with Gasteiger partial charge in [0.2, 0.25) is 5.91 Å². The fourth-order valence-corrected chi connectivity index (χ4v) is 3.85. The minimum Gasteiger partial charge on any atom is -0.339 e. The van der Waals surface area contributed by atoms with E-state index >= 15 is 0 Å². The lowest BCUT2D eigenvalue weighted by Crippen LogP contribution is -2.62. The number of rotatable bonds is 4. The quantitative estimate of drug-likeness (QED) is 0.809. The third kappa shape index (κ3) is 3.27. The molecular formula is C20H22F2N4O2. The Kier molecular flexibility index (Phi) is 4.64. The lowest BCUT2D eigenvalue weighted by atomic mass is 10.00. The van der Waals surface area contributed by atoms with E-state index in [1.807, 2.05) is 30.3 Å². The summed E-state index contributed by atoms with van der Waals surface area (Å²) in [6.07, 6.45) is 2.09. The molecule has 2 heterocycles. The molecule has 2 aromatic rings. The van der Waals surface area contributed by atoms with Crippen molar-refractivity contribution < 1.29 is 18.4 Å². The molecule has 2 aliphatic rings. The molecule has 1 saturated carbocycles. The van der Waals surface area contributed by atoms with Gasteiger partial charge in [0.15, 0.2) is 5.69 Å². The van der Waals surface area contributed by atoms with Gasteiger partial charge in [0.25, 0.3) is 11.8 Å². The van der Waals surface area contributed by atoms with Crippen molar-refractivity contribution in [1.82, 2.24) is 19.6 Å². The average Bonchev–Trinajstić information content (AvgIpc) is 3.26. The molecular weight excluding hydrogens is 366 g/mol. The number of para-hydroxylation sites is 1. The topological polar surface area (TPSA) is 58.4 Å². The van der Waals surface area contributed by atoms with Gasteiger partial charge in [0.1, 0.15) is 5.92 Å². The monoisotopic (exact) mass is 388 g/mol. The Bertz CT molecular complexity index is 877. The molecule has 1 atom stereocenters. The van der Waals surface area contributed by atoms with Gasteiger partial charge in [-0.25, -0.2) is 13.5 Å². The molecule has 1 aliphatic carbocycles. The summed E-state index contributed by atoms with van der Waals surface area (Å²) < 4.78 is 29.3. The molecule has 1 aliphatic heterocycles. The molecule has 2 fully saturated rings. The van der Waals surface area contributed by atoms with Gasteiger partial charge in [-0.2, -0.15) is 5.10 Å². The first-order valence-electron chi connectivity index (χ1n) is 9.42. The van der Waals surface area contributed by atoms with Crippen molar-refractivity contribution in [2.24, 2.45) is 5.92 Å². The van der Waals surface area contributed by atoms with Crippen LogP contribution >= 0.6 is 0 Å². The molecule has 4 rings (SSSR count). The van der Waals surface area contributed by atoms with Crippen molar-refractivity contribution in [3.63, 3.8) is 0 Å². The highest BCUT2D eigenvalue weighted by Crippen LogP contribution is 2.41. The van der Waals surface area contributed by atoms with Crippen LogP contribution in [0.25, 0.3) is 5.69 Å². The highest BCUT2D eigenvalue weighted by atomic mass is 19.3. The summed E-state index contributed by atoms with van der Waals surface area (Å²) in [5.74, 6) is -4.90. The van der Waals surface area contributed by atoms with E-state index in [0.717, 1.165) is 5.69 Å². The van der Waals surface area contributed by atoms with E-state index in [4.69, 9.17) is 0 Å². The van der Waals surface area contributed by atoms with Crippen LogP contribution in [-0.4, -0.2) is 63.5 Å². The summed E-state index contributed by atoms with van der Waals surface area (Å²) in [5, 5.41) is 4.32. The number of hydrogen-bond acceptors (Lipinski definition) is 3. The zero-order valence-corrected chi connectivity index (χ0v) is 15.6. The second-order valence-electron chi connectivity index (χ2n) is 7.50. The maximum absolute atomic E-state index is 13.9. The van der Waals surface area contributed by atoms with E-state index in [1.54, 1.807) is 28.9 Å². The van der Waals surface area contributed by atoms with Gasteiger partial charge in [0, 0.05) is 32.8 Å². The fraction of sp³-hybridized carbons (Fsp3) is 0.450. The molecule has 28 heavy (non-hydrogen) atoms. The molecule has 6 nitrogen and oxygen atoms in total. The van der Waals surface area contributed by atoms with Gasteiger partial charge in [-0.3, -0.25) is 9.59 Å². The zero-order chi connectivity index (χ0) is 19.9. The first kappa shape index (κ1) is 18.6. The number of benzene rings is 1. The number of carbonyl (C=O) groups excluding carboxylic acids is 2. The van der Waals surface area contributed by atoms with Gasteiger partial charge in [0.05, 0.1) is 11.7 Å². The Morgan fingerprint density at radius 3 is 2.54 bits per heavy atom. The Labute approximate surface area is 161 Å². The van der Waals surface area contributed by atoms with E-state index in [0.29, 0.717) is 25.2 Å². The number of halogens is 2. The van der Waals surface area contributed by atoms with Crippen molar-refractivity contribution in [3.05, 3.63) is 48.3 Å². The first-order valence-corrected chi connectivity index (χ1v) is 9.42. The summed E-state index contributed by atoms with van der Waals surface area (Å²) in [6.45, 7) is 0.662. The standard InChI is InChI=1S/C20H22F2N4O2/c1-24(18(27)16-8-5-10-20(16,21)22)15-12-25(13-15)19(28)17-9-11-26(23-17)14-6-3-2-4-7-14/h2-4,6-7,9,11,15-16H,5,8,10,12-13H2,1H3. The normalized spacial score (nSPS) is 21.4. The maximum atomic E-state index is 13.9. The van der Waals surface area contributed by atoms with Crippen LogP contribution in [0.2, 0.25) is 0 Å². The number of aromatic nitrogens is 2. The third-order valence-corrected chi connectivity index (χ3v) is 5.68. The van der Waals surface area contributed by atoms with Crippen LogP contribution in [0.4, 0.5) is 8.78 Å². The molecule has 1 aromatic heterocycles. The van der Waals surface area contributed by atoms with E-state index in [9.17, 15) is 18.4 Å². The fourth-order valence-electron chi connectivity index (χ4n) is 3.85. The third-order valence-electron chi connectivity index (χ3n) is 5.68. The largest absolute Gasteiger partial charge is 0.339 e. The molecule has 1 saturated heterocycles. The minimum absolute atomic E-state index is 0.224. The second-order valence-corrected chi connectivity index (χ2v) is 7.50. The number of amides is 2. The minimum atomic E-state index is -2.92. The maximum Gasteiger partial charge on any atom is 0.274 e. The number of hydrogen-bond donors (Lipinski definition) is 0. The van der Waals surface area contributed by atoms with Gasteiger partial charge in [-0.05, 0) is 31.0 Å². The summed E-state index contributed by atoms with van der Waals surface area (Å²) >= 11 is 0. The number of likely N-dealkylation sites (N-methyl/N-ethyl adjacent to an activating group) is 1. The molecule has 8 heteroatoms.